The summed E-state index contributed by atoms with van der Waals surface area (Å²) in [5.74, 6) is -4.46. The van der Waals surface area contributed by atoms with E-state index in [0.717, 1.165) is 35.8 Å². The molecule has 3 aliphatic rings. The maximum atomic E-state index is 14.3. The van der Waals surface area contributed by atoms with Gasteiger partial charge in [-0.05, 0) is 79.5 Å². The minimum atomic E-state index is -2.63. The van der Waals surface area contributed by atoms with E-state index in [1.165, 1.54) is 6.07 Å². The molecule has 4 N–H and O–H groups in total. The number of phenolic OH excluding ortho intramolecular Hbond substituents is 1. The number of hydrogen-bond acceptors (Lipinski definition) is 8. The van der Waals surface area contributed by atoms with Crippen molar-refractivity contribution in [2.75, 3.05) is 6.61 Å². The van der Waals surface area contributed by atoms with E-state index in [1.807, 2.05) is 45.9 Å². The summed E-state index contributed by atoms with van der Waals surface area (Å²) in [4.78, 5) is 40.7. The van der Waals surface area contributed by atoms with E-state index < -0.39 is 56.8 Å². The summed E-state index contributed by atoms with van der Waals surface area (Å²) in [6, 6.07) is 9.02. The highest BCUT2D eigenvalue weighted by molar-refractivity contribution is 6.25. The molecule has 228 valence electrons. The first-order valence-corrected chi connectivity index (χ1v) is 14.9. The standard InChI is InChI=1S/C35H40O8/c1-8-19-14-20(10-13-24(19)43-9-2)21-11-12-23(37)26-22(21)15-33(6)16-34(7)27(17(3)4)29(38)25(18(5)36)31(40)35(34,42)32(41)28(33)30(26)39/h10-14,17,27,37-38,41-42H,8-9,15-16H2,1-7H3/t27?,33-,34-,35+/m1/s1. The van der Waals surface area contributed by atoms with Crippen molar-refractivity contribution in [1.29, 1.82) is 0 Å². The summed E-state index contributed by atoms with van der Waals surface area (Å²) < 4.78 is 5.78. The van der Waals surface area contributed by atoms with E-state index in [1.54, 1.807) is 19.9 Å². The molecule has 0 radical (unpaired) electrons. The van der Waals surface area contributed by atoms with Crippen LogP contribution in [0, 0.1) is 22.7 Å². The minimum Gasteiger partial charge on any atom is -0.511 e. The van der Waals surface area contributed by atoms with E-state index in [2.05, 4.69) is 0 Å². The molecule has 0 aliphatic heterocycles. The molecule has 0 fully saturated rings. The number of ketones is 3. The average Bonchev–Trinajstić information content (AvgIpc) is 2.91. The van der Waals surface area contributed by atoms with Crippen molar-refractivity contribution < 1.29 is 39.5 Å². The maximum Gasteiger partial charge on any atom is 0.209 e. The fourth-order valence-electron chi connectivity index (χ4n) is 8.32. The molecular weight excluding hydrogens is 548 g/mol. The Morgan fingerprint density at radius 1 is 1.07 bits per heavy atom. The molecular formula is C35H40O8. The second kappa shape index (κ2) is 10.1. The van der Waals surface area contributed by atoms with Gasteiger partial charge < -0.3 is 25.2 Å². The van der Waals surface area contributed by atoms with Gasteiger partial charge in [0.05, 0.1) is 12.2 Å². The highest BCUT2D eigenvalue weighted by atomic mass is 16.5. The number of ether oxygens (including phenoxy) is 1. The Morgan fingerprint density at radius 3 is 2.33 bits per heavy atom. The van der Waals surface area contributed by atoms with Gasteiger partial charge in [-0.1, -0.05) is 46.8 Å². The summed E-state index contributed by atoms with van der Waals surface area (Å²) in [6.45, 7) is 12.6. The second-order valence-corrected chi connectivity index (χ2v) is 13.1. The van der Waals surface area contributed by atoms with Crippen molar-refractivity contribution in [2.45, 2.75) is 73.3 Å². The number of aryl methyl sites for hydroxylation is 1. The Bertz CT molecular complexity index is 1650. The fraction of sp³-hybridized carbons (Fsp3) is 0.457. The van der Waals surface area contributed by atoms with E-state index >= 15 is 0 Å². The zero-order valence-corrected chi connectivity index (χ0v) is 25.8. The summed E-state index contributed by atoms with van der Waals surface area (Å²) in [5, 5.41) is 46.3. The number of phenols is 1. The van der Waals surface area contributed by atoms with E-state index in [-0.39, 0.29) is 35.6 Å². The number of allylic oxidation sites excluding steroid dienone is 2. The Morgan fingerprint density at radius 2 is 1.74 bits per heavy atom. The third kappa shape index (κ3) is 4.02. The Hall–Kier alpha value is -3.91. The Labute approximate surface area is 251 Å². The molecule has 3 aliphatic carbocycles. The lowest BCUT2D eigenvalue weighted by molar-refractivity contribution is -0.171. The molecule has 2 aromatic carbocycles. The second-order valence-electron chi connectivity index (χ2n) is 13.1. The number of fused-ring (bicyclic) bond motifs is 3. The van der Waals surface area contributed by atoms with Gasteiger partial charge in [0.2, 0.25) is 5.78 Å². The summed E-state index contributed by atoms with van der Waals surface area (Å²) in [7, 11) is 0. The minimum absolute atomic E-state index is 0.00418. The summed E-state index contributed by atoms with van der Waals surface area (Å²) in [5.41, 5.74) is -2.73. The first-order chi connectivity index (χ1) is 20.1. The topological polar surface area (TPSA) is 141 Å². The molecule has 1 unspecified atom stereocenters. The van der Waals surface area contributed by atoms with Crippen LogP contribution in [0.25, 0.3) is 11.1 Å². The predicted molar refractivity (Wildman–Crippen MR) is 161 cm³/mol. The number of aromatic hydroxyl groups is 1. The number of aliphatic hydroxyl groups is 3. The lowest BCUT2D eigenvalue weighted by atomic mass is 9.44. The first-order valence-electron chi connectivity index (χ1n) is 14.9. The van der Waals surface area contributed by atoms with Crippen LogP contribution in [-0.4, -0.2) is 50.0 Å². The summed E-state index contributed by atoms with van der Waals surface area (Å²) >= 11 is 0. The zero-order chi connectivity index (χ0) is 31.8. The predicted octanol–water partition coefficient (Wildman–Crippen LogP) is 5.97. The largest absolute Gasteiger partial charge is 0.511 e. The molecule has 0 amide bonds. The molecule has 0 bridgehead atoms. The molecule has 0 aromatic heterocycles. The van der Waals surface area contributed by atoms with E-state index in [0.29, 0.717) is 12.2 Å². The van der Waals surface area contributed by atoms with Crippen LogP contribution < -0.4 is 4.74 Å². The number of benzene rings is 2. The van der Waals surface area contributed by atoms with Gasteiger partial charge in [0, 0.05) is 22.3 Å². The van der Waals surface area contributed by atoms with Crippen LogP contribution in [0.2, 0.25) is 0 Å². The smallest absolute Gasteiger partial charge is 0.209 e. The molecule has 0 heterocycles. The van der Waals surface area contributed by atoms with Gasteiger partial charge in [-0.15, -0.1) is 0 Å². The van der Waals surface area contributed by atoms with Crippen LogP contribution in [-0.2, 0) is 22.4 Å². The number of rotatable bonds is 6. The molecule has 43 heavy (non-hydrogen) atoms. The third-order valence-electron chi connectivity index (χ3n) is 9.94. The van der Waals surface area contributed by atoms with Crippen molar-refractivity contribution in [2.24, 2.45) is 22.7 Å². The Kier molecular flexibility index (Phi) is 7.16. The SMILES string of the molecule is CCOc1ccc(-c2ccc(O)c3c2C[C@]2(C)C[C@]4(C)C(C(C)C)C(O)=C(C(C)=O)C(=O)[C@]4(O)C(O)=C2C3=O)cc1CC. The van der Waals surface area contributed by atoms with Crippen LogP contribution in [0.5, 0.6) is 11.5 Å². The van der Waals surface area contributed by atoms with Crippen LogP contribution in [0.15, 0.2) is 53.0 Å². The molecule has 0 spiro atoms. The molecule has 8 nitrogen and oxygen atoms in total. The lowest BCUT2D eigenvalue weighted by Crippen LogP contribution is -2.67. The van der Waals surface area contributed by atoms with Crippen LogP contribution in [0.1, 0.15) is 76.4 Å². The number of carbonyl (C=O) groups excluding carboxylic acids is 3. The number of aliphatic hydroxyl groups excluding tert-OH is 2. The molecule has 0 saturated heterocycles. The van der Waals surface area contributed by atoms with E-state index in [9.17, 15) is 34.8 Å². The van der Waals surface area contributed by atoms with Gasteiger partial charge in [0.1, 0.15) is 28.6 Å². The van der Waals surface area contributed by atoms with Crippen molar-refractivity contribution in [3.05, 3.63) is 69.7 Å². The molecule has 4 atom stereocenters. The van der Waals surface area contributed by atoms with Crippen molar-refractivity contribution in [3.8, 4) is 22.6 Å². The number of Topliss-reactive ketones (excluding diaryl/α,β-unsaturated/α-hetero) is 3. The van der Waals surface area contributed by atoms with Gasteiger partial charge in [0.25, 0.3) is 0 Å². The molecule has 5 rings (SSSR count). The number of carbonyl (C=O) groups is 3. The van der Waals surface area contributed by atoms with Crippen LogP contribution in [0.4, 0.5) is 0 Å². The summed E-state index contributed by atoms with van der Waals surface area (Å²) in [6.07, 6.45) is 0.978. The molecule has 0 saturated carbocycles. The van der Waals surface area contributed by atoms with Gasteiger partial charge in [-0.2, -0.15) is 0 Å². The lowest BCUT2D eigenvalue weighted by Gasteiger charge is -2.59. The third-order valence-corrected chi connectivity index (χ3v) is 9.94. The van der Waals surface area contributed by atoms with Crippen molar-refractivity contribution in [3.63, 3.8) is 0 Å². The maximum absolute atomic E-state index is 14.3. The fourth-order valence-corrected chi connectivity index (χ4v) is 8.32. The van der Waals surface area contributed by atoms with E-state index in [4.69, 9.17) is 4.74 Å². The first kappa shape index (κ1) is 30.5. The monoisotopic (exact) mass is 588 g/mol. The number of hydrogen-bond donors (Lipinski definition) is 4. The molecule has 2 aromatic rings. The van der Waals surface area contributed by atoms with Crippen molar-refractivity contribution >= 4 is 17.3 Å². The highest BCUT2D eigenvalue weighted by Gasteiger charge is 2.71. The molecule has 8 heteroatoms. The van der Waals surface area contributed by atoms with Gasteiger partial charge in [-0.3, -0.25) is 14.4 Å². The average molecular weight is 589 g/mol. The van der Waals surface area contributed by atoms with Crippen LogP contribution in [0.3, 0.4) is 0 Å². The van der Waals surface area contributed by atoms with Gasteiger partial charge in [-0.25, -0.2) is 0 Å². The Balaban J connectivity index is 1.77. The van der Waals surface area contributed by atoms with Crippen molar-refractivity contribution in [1.82, 2.24) is 0 Å². The highest BCUT2D eigenvalue weighted by Crippen LogP contribution is 2.65. The normalized spacial score (nSPS) is 28.5. The van der Waals surface area contributed by atoms with Gasteiger partial charge in [0.15, 0.2) is 17.2 Å². The zero-order valence-electron chi connectivity index (χ0n) is 25.8. The van der Waals surface area contributed by atoms with Crippen LogP contribution >= 0.6 is 0 Å². The van der Waals surface area contributed by atoms with Gasteiger partial charge >= 0.3 is 0 Å². The quantitative estimate of drug-likeness (QED) is 0.302.